The van der Waals surface area contributed by atoms with Gasteiger partial charge in [0.05, 0.1) is 10.0 Å². The zero-order chi connectivity index (χ0) is 12.3. The van der Waals surface area contributed by atoms with Crippen molar-refractivity contribution >= 4 is 23.2 Å². The van der Waals surface area contributed by atoms with Gasteiger partial charge in [0.1, 0.15) is 0 Å². The number of halogens is 2. The highest BCUT2D eigenvalue weighted by Crippen LogP contribution is 2.39. The van der Waals surface area contributed by atoms with Crippen LogP contribution in [-0.2, 0) is 10.2 Å². The van der Waals surface area contributed by atoms with Crippen molar-refractivity contribution in [1.82, 2.24) is 0 Å². The predicted octanol–water partition coefficient (Wildman–Crippen LogP) is 3.39. The molecule has 2 N–H and O–H groups in total. The fourth-order valence-corrected chi connectivity index (χ4v) is 2.85. The van der Waals surface area contributed by atoms with Crippen LogP contribution in [0.3, 0.4) is 0 Å². The molecule has 0 bridgehead atoms. The van der Waals surface area contributed by atoms with E-state index < -0.39 is 0 Å². The van der Waals surface area contributed by atoms with Crippen molar-refractivity contribution in [3.63, 3.8) is 0 Å². The lowest BCUT2D eigenvalue weighted by atomic mass is 9.72. The highest BCUT2D eigenvalue weighted by molar-refractivity contribution is 6.42. The van der Waals surface area contributed by atoms with Crippen LogP contribution in [-0.4, -0.2) is 19.8 Å². The Hall–Kier alpha value is -0.280. The molecular weight excluding hydrogens is 257 g/mol. The Morgan fingerprint density at radius 3 is 2.47 bits per heavy atom. The van der Waals surface area contributed by atoms with Crippen molar-refractivity contribution in [2.45, 2.75) is 24.7 Å². The zero-order valence-corrected chi connectivity index (χ0v) is 11.2. The average Bonchev–Trinajstić information content (AvgIpc) is 2.34. The summed E-state index contributed by atoms with van der Waals surface area (Å²) in [6.45, 7) is 2.26. The Morgan fingerprint density at radius 1 is 1.18 bits per heavy atom. The highest BCUT2D eigenvalue weighted by Gasteiger charge is 2.33. The molecule has 4 heteroatoms. The second-order valence-electron chi connectivity index (χ2n) is 4.56. The highest BCUT2D eigenvalue weighted by atomic mass is 35.5. The zero-order valence-electron chi connectivity index (χ0n) is 9.72. The van der Waals surface area contributed by atoms with Crippen LogP contribution in [0.15, 0.2) is 18.2 Å². The van der Waals surface area contributed by atoms with Crippen LogP contribution in [0.25, 0.3) is 0 Å². The summed E-state index contributed by atoms with van der Waals surface area (Å²) >= 11 is 12.1. The number of hydrogen-bond donors (Lipinski definition) is 1. The van der Waals surface area contributed by atoms with Gasteiger partial charge in [-0.25, -0.2) is 0 Å². The molecule has 0 aromatic heterocycles. The molecule has 2 rings (SSSR count). The maximum atomic E-state index is 6.10. The SMILES string of the molecule is NCCC1(c2ccc(Cl)c(Cl)c2)CCOCC1. The minimum absolute atomic E-state index is 0.112. The summed E-state index contributed by atoms with van der Waals surface area (Å²) in [6.07, 6.45) is 2.97. The lowest BCUT2D eigenvalue weighted by molar-refractivity contribution is 0.0477. The molecule has 1 aromatic rings. The Labute approximate surface area is 112 Å². The molecule has 1 aliphatic rings. The fourth-order valence-electron chi connectivity index (χ4n) is 2.55. The summed E-state index contributed by atoms with van der Waals surface area (Å²) in [6, 6.07) is 5.91. The van der Waals surface area contributed by atoms with Gasteiger partial charge in [-0.3, -0.25) is 0 Å². The van der Waals surface area contributed by atoms with Gasteiger partial charge in [0, 0.05) is 18.6 Å². The molecule has 17 heavy (non-hydrogen) atoms. The van der Waals surface area contributed by atoms with Crippen LogP contribution < -0.4 is 5.73 Å². The summed E-state index contributed by atoms with van der Waals surface area (Å²) in [5, 5.41) is 1.22. The first-order valence-electron chi connectivity index (χ1n) is 5.91. The molecule has 0 atom stereocenters. The first kappa shape index (κ1) is 13.2. The van der Waals surface area contributed by atoms with E-state index in [0.29, 0.717) is 16.6 Å². The molecule has 0 amide bonds. The van der Waals surface area contributed by atoms with Gasteiger partial charge in [-0.05, 0) is 43.5 Å². The Morgan fingerprint density at radius 2 is 1.88 bits per heavy atom. The van der Waals surface area contributed by atoms with E-state index in [1.54, 1.807) is 0 Å². The van der Waals surface area contributed by atoms with Crippen LogP contribution in [0.5, 0.6) is 0 Å². The maximum Gasteiger partial charge on any atom is 0.0595 e. The third-order valence-corrected chi connectivity index (χ3v) is 4.34. The molecular formula is C13H17Cl2NO. The second-order valence-corrected chi connectivity index (χ2v) is 5.37. The molecule has 1 aliphatic heterocycles. The van der Waals surface area contributed by atoms with E-state index in [4.69, 9.17) is 33.7 Å². The monoisotopic (exact) mass is 273 g/mol. The van der Waals surface area contributed by atoms with Crippen molar-refractivity contribution in [1.29, 1.82) is 0 Å². The quantitative estimate of drug-likeness (QED) is 0.917. The number of nitrogens with two attached hydrogens (primary N) is 1. The molecule has 1 heterocycles. The van der Waals surface area contributed by atoms with Crippen molar-refractivity contribution in [2.24, 2.45) is 5.73 Å². The molecule has 94 valence electrons. The average molecular weight is 274 g/mol. The van der Waals surface area contributed by atoms with Crippen LogP contribution in [0.1, 0.15) is 24.8 Å². The third-order valence-electron chi connectivity index (χ3n) is 3.60. The number of rotatable bonds is 3. The molecule has 0 spiro atoms. The molecule has 1 saturated heterocycles. The van der Waals surface area contributed by atoms with Crippen LogP contribution in [0.2, 0.25) is 10.0 Å². The van der Waals surface area contributed by atoms with Gasteiger partial charge < -0.3 is 10.5 Å². The van der Waals surface area contributed by atoms with E-state index in [2.05, 4.69) is 6.07 Å². The van der Waals surface area contributed by atoms with Crippen LogP contribution in [0, 0.1) is 0 Å². The fraction of sp³-hybridized carbons (Fsp3) is 0.538. The van der Waals surface area contributed by atoms with E-state index in [1.807, 2.05) is 12.1 Å². The van der Waals surface area contributed by atoms with Gasteiger partial charge in [0.25, 0.3) is 0 Å². The first-order valence-corrected chi connectivity index (χ1v) is 6.67. The van der Waals surface area contributed by atoms with Crippen LogP contribution >= 0.6 is 23.2 Å². The van der Waals surface area contributed by atoms with Gasteiger partial charge in [0.15, 0.2) is 0 Å². The Bertz CT molecular complexity index is 383. The Kier molecular flexibility index (Phi) is 4.31. The van der Waals surface area contributed by atoms with Gasteiger partial charge in [-0.1, -0.05) is 29.3 Å². The topological polar surface area (TPSA) is 35.2 Å². The third kappa shape index (κ3) is 2.76. The van der Waals surface area contributed by atoms with E-state index in [9.17, 15) is 0 Å². The smallest absolute Gasteiger partial charge is 0.0595 e. The Balaban J connectivity index is 2.34. The van der Waals surface area contributed by atoms with Crippen molar-refractivity contribution in [3.05, 3.63) is 33.8 Å². The molecule has 1 aromatic carbocycles. The van der Waals surface area contributed by atoms with E-state index in [-0.39, 0.29) is 5.41 Å². The summed E-state index contributed by atoms with van der Waals surface area (Å²) in [5.41, 5.74) is 7.10. The maximum absolute atomic E-state index is 6.10. The number of ether oxygens (including phenoxy) is 1. The molecule has 0 saturated carbocycles. The molecule has 1 fully saturated rings. The van der Waals surface area contributed by atoms with Gasteiger partial charge >= 0.3 is 0 Å². The summed E-state index contributed by atoms with van der Waals surface area (Å²) in [7, 11) is 0. The second kappa shape index (κ2) is 5.57. The van der Waals surface area contributed by atoms with Crippen LogP contribution in [0.4, 0.5) is 0 Å². The summed E-state index contributed by atoms with van der Waals surface area (Å²) in [5.74, 6) is 0. The minimum Gasteiger partial charge on any atom is -0.381 e. The summed E-state index contributed by atoms with van der Waals surface area (Å²) in [4.78, 5) is 0. The van der Waals surface area contributed by atoms with E-state index >= 15 is 0 Å². The molecule has 2 nitrogen and oxygen atoms in total. The van der Waals surface area contributed by atoms with E-state index in [1.165, 1.54) is 5.56 Å². The molecule has 0 radical (unpaired) electrons. The first-order chi connectivity index (χ1) is 8.18. The summed E-state index contributed by atoms with van der Waals surface area (Å²) < 4.78 is 5.45. The van der Waals surface area contributed by atoms with E-state index in [0.717, 1.165) is 32.5 Å². The van der Waals surface area contributed by atoms with Crippen molar-refractivity contribution in [2.75, 3.05) is 19.8 Å². The normalized spacial score (nSPS) is 19.2. The standard InChI is InChI=1S/C13H17Cl2NO/c14-11-2-1-10(9-12(11)15)13(3-6-16)4-7-17-8-5-13/h1-2,9H,3-8,16H2. The molecule has 0 aliphatic carbocycles. The van der Waals surface area contributed by atoms with Crippen molar-refractivity contribution < 1.29 is 4.74 Å². The number of benzene rings is 1. The van der Waals surface area contributed by atoms with Crippen molar-refractivity contribution in [3.8, 4) is 0 Å². The number of hydrogen-bond acceptors (Lipinski definition) is 2. The largest absolute Gasteiger partial charge is 0.381 e. The molecule has 0 unspecified atom stereocenters. The minimum atomic E-state index is 0.112. The predicted molar refractivity (Wildman–Crippen MR) is 71.9 cm³/mol. The van der Waals surface area contributed by atoms with Gasteiger partial charge in [-0.15, -0.1) is 0 Å². The lowest BCUT2D eigenvalue weighted by Crippen LogP contribution is -2.35. The van der Waals surface area contributed by atoms with Gasteiger partial charge in [0.2, 0.25) is 0 Å². The lowest BCUT2D eigenvalue weighted by Gasteiger charge is -2.37. The van der Waals surface area contributed by atoms with Gasteiger partial charge in [-0.2, -0.15) is 0 Å².